The molecule has 0 amide bonds. The maximum atomic E-state index is 11.8. The van der Waals surface area contributed by atoms with Crippen molar-refractivity contribution in [1.29, 1.82) is 0 Å². The number of hydrogen-bond acceptors (Lipinski definition) is 4. The number of rotatable bonds is 5. The maximum absolute atomic E-state index is 11.8. The third-order valence-corrected chi connectivity index (χ3v) is 2.76. The number of aryl methyl sites for hydroxylation is 1. The van der Waals surface area contributed by atoms with Crippen molar-refractivity contribution < 1.29 is 14.3 Å². The van der Waals surface area contributed by atoms with Gasteiger partial charge in [-0.15, -0.1) is 0 Å². The Kier molecular flexibility index (Phi) is 6.33. The minimum atomic E-state index is -0.358. The normalized spacial score (nSPS) is 13.3. The summed E-state index contributed by atoms with van der Waals surface area (Å²) in [5, 5.41) is 0. The fourth-order valence-electron chi connectivity index (χ4n) is 1.58. The SMILES string of the molecule is CC.CCOC(=O)c1c(C)ccnc1OCC1CC1. The Balaban J connectivity index is 0.000000861. The Morgan fingerprint density at radius 1 is 1.42 bits per heavy atom. The van der Waals surface area contributed by atoms with Crippen LogP contribution in [0.25, 0.3) is 0 Å². The lowest BCUT2D eigenvalue weighted by atomic mass is 10.1. The van der Waals surface area contributed by atoms with Crippen LogP contribution in [0, 0.1) is 12.8 Å². The molecule has 0 atom stereocenters. The Morgan fingerprint density at radius 3 is 2.68 bits per heavy atom. The van der Waals surface area contributed by atoms with Crippen LogP contribution in [0.1, 0.15) is 49.5 Å². The topological polar surface area (TPSA) is 48.4 Å². The van der Waals surface area contributed by atoms with E-state index in [2.05, 4.69) is 4.98 Å². The van der Waals surface area contributed by atoms with Crippen LogP contribution >= 0.6 is 0 Å². The minimum absolute atomic E-state index is 0.356. The monoisotopic (exact) mass is 265 g/mol. The van der Waals surface area contributed by atoms with Gasteiger partial charge in [-0.1, -0.05) is 13.8 Å². The van der Waals surface area contributed by atoms with Gasteiger partial charge in [-0.3, -0.25) is 0 Å². The van der Waals surface area contributed by atoms with E-state index >= 15 is 0 Å². The van der Waals surface area contributed by atoms with E-state index in [4.69, 9.17) is 9.47 Å². The molecule has 1 aliphatic carbocycles. The summed E-state index contributed by atoms with van der Waals surface area (Å²) in [5.41, 5.74) is 1.29. The van der Waals surface area contributed by atoms with Crippen LogP contribution in [0.2, 0.25) is 0 Å². The zero-order chi connectivity index (χ0) is 14.3. The van der Waals surface area contributed by atoms with Crippen molar-refractivity contribution in [2.75, 3.05) is 13.2 Å². The average Bonchev–Trinajstić information content (AvgIpc) is 3.23. The molecule has 0 bridgehead atoms. The van der Waals surface area contributed by atoms with Crippen LogP contribution in [0.4, 0.5) is 0 Å². The zero-order valence-electron chi connectivity index (χ0n) is 12.2. The van der Waals surface area contributed by atoms with Gasteiger partial charge < -0.3 is 9.47 Å². The van der Waals surface area contributed by atoms with E-state index in [1.165, 1.54) is 12.8 Å². The molecule has 1 saturated carbocycles. The molecule has 0 aromatic carbocycles. The molecule has 1 aromatic rings. The lowest BCUT2D eigenvalue weighted by Crippen LogP contribution is -2.12. The first-order valence-electron chi connectivity index (χ1n) is 6.98. The highest BCUT2D eigenvalue weighted by Gasteiger charge is 2.24. The highest BCUT2D eigenvalue weighted by Crippen LogP contribution is 2.30. The van der Waals surface area contributed by atoms with Gasteiger partial charge in [0.2, 0.25) is 5.88 Å². The Hall–Kier alpha value is -1.58. The molecule has 0 spiro atoms. The van der Waals surface area contributed by atoms with Crippen LogP contribution in [-0.4, -0.2) is 24.2 Å². The second-order valence-electron chi connectivity index (χ2n) is 4.28. The van der Waals surface area contributed by atoms with Crippen molar-refractivity contribution in [3.63, 3.8) is 0 Å². The third kappa shape index (κ3) is 4.54. The van der Waals surface area contributed by atoms with Gasteiger partial charge in [0, 0.05) is 6.20 Å². The summed E-state index contributed by atoms with van der Waals surface area (Å²) in [6, 6.07) is 1.79. The number of carbonyl (C=O) groups is 1. The van der Waals surface area contributed by atoms with E-state index in [0.717, 1.165) is 5.56 Å². The molecule has 2 rings (SSSR count). The lowest BCUT2D eigenvalue weighted by molar-refractivity contribution is 0.0519. The second kappa shape index (κ2) is 7.77. The summed E-state index contributed by atoms with van der Waals surface area (Å²) in [4.78, 5) is 15.9. The number of hydrogen-bond donors (Lipinski definition) is 0. The summed E-state index contributed by atoms with van der Waals surface area (Å²) >= 11 is 0. The fraction of sp³-hybridized carbons (Fsp3) is 0.600. The Labute approximate surface area is 115 Å². The van der Waals surface area contributed by atoms with E-state index in [-0.39, 0.29) is 5.97 Å². The summed E-state index contributed by atoms with van der Waals surface area (Å²) in [5.74, 6) is 0.673. The van der Waals surface area contributed by atoms with E-state index in [9.17, 15) is 4.79 Å². The number of pyridine rings is 1. The first-order chi connectivity index (χ1) is 9.22. The Morgan fingerprint density at radius 2 is 2.11 bits per heavy atom. The zero-order valence-corrected chi connectivity index (χ0v) is 12.2. The van der Waals surface area contributed by atoms with Gasteiger partial charge in [0.1, 0.15) is 5.56 Å². The van der Waals surface area contributed by atoms with Crippen LogP contribution < -0.4 is 4.74 Å². The summed E-state index contributed by atoms with van der Waals surface area (Å²) in [7, 11) is 0. The average molecular weight is 265 g/mol. The predicted molar refractivity (Wildman–Crippen MR) is 74.5 cm³/mol. The molecular formula is C15H23NO3. The molecule has 0 aliphatic heterocycles. The molecule has 0 unspecified atom stereocenters. The molecule has 1 fully saturated rings. The molecule has 106 valence electrons. The number of aromatic nitrogens is 1. The van der Waals surface area contributed by atoms with Crippen molar-refractivity contribution in [2.24, 2.45) is 5.92 Å². The number of nitrogens with zero attached hydrogens (tertiary/aromatic N) is 1. The molecule has 1 aliphatic rings. The smallest absolute Gasteiger partial charge is 0.343 e. The lowest BCUT2D eigenvalue weighted by Gasteiger charge is -2.11. The molecule has 0 N–H and O–H groups in total. The standard InChI is InChI=1S/C13H17NO3.C2H6/c1-3-16-13(15)11-9(2)6-7-14-12(11)17-8-10-4-5-10;1-2/h6-7,10H,3-5,8H2,1-2H3;1-2H3. The highest BCUT2D eigenvalue weighted by atomic mass is 16.5. The first kappa shape index (κ1) is 15.5. The van der Waals surface area contributed by atoms with Crippen LogP contribution in [0.15, 0.2) is 12.3 Å². The maximum Gasteiger partial charge on any atom is 0.343 e. The molecule has 1 heterocycles. The summed E-state index contributed by atoms with van der Waals surface area (Å²) in [6.07, 6.45) is 4.07. The molecular weight excluding hydrogens is 242 g/mol. The highest BCUT2D eigenvalue weighted by molar-refractivity contribution is 5.93. The van der Waals surface area contributed by atoms with E-state index in [0.29, 0.717) is 30.6 Å². The van der Waals surface area contributed by atoms with Crippen LogP contribution in [0.3, 0.4) is 0 Å². The molecule has 4 heteroatoms. The fourth-order valence-corrected chi connectivity index (χ4v) is 1.58. The molecule has 19 heavy (non-hydrogen) atoms. The molecule has 0 radical (unpaired) electrons. The van der Waals surface area contributed by atoms with Crippen molar-refractivity contribution in [3.8, 4) is 5.88 Å². The van der Waals surface area contributed by atoms with E-state index < -0.39 is 0 Å². The van der Waals surface area contributed by atoms with Gasteiger partial charge >= 0.3 is 5.97 Å². The summed E-state index contributed by atoms with van der Waals surface area (Å²) in [6.45, 7) is 8.64. The van der Waals surface area contributed by atoms with E-state index in [1.807, 2.05) is 20.8 Å². The van der Waals surface area contributed by atoms with Crippen LogP contribution in [0.5, 0.6) is 5.88 Å². The van der Waals surface area contributed by atoms with Gasteiger partial charge in [-0.25, -0.2) is 9.78 Å². The number of ether oxygens (including phenoxy) is 2. The van der Waals surface area contributed by atoms with Crippen LogP contribution in [-0.2, 0) is 4.74 Å². The van der Waals surface area contributed by atoms with Crippen molar-refractivity contribution in [1.82, 2.24) is 4.98 Å². The van der Waals surface area contributed by atoms with Gasteiger partial charge in [-0.05, 0) is 44.2 Å². The van der Waals surface area contributed by atoms with Gasteiger partial charge in [-0.2, -0.15) is 0 Å². The van der Waals surface area contributed by atoms with Crippen molar-refractivity contribution in [2.45, 2.75) is 40.5 Å². The minimum Gasteiger partial charge on any atom is -0.477 e. The Bertz CT molecular complexity index is 414. The summed E-state index contributed by atoms with van der Waals surface area (Å²) < 4.78 is 10.6. The molecule has 4 nitrogen and oxygen atoms in total. The van der Waals surface area contributed by atoms with E-state index in [1.54, 1.807) is 19.2 Å². The number of carbonyl (C=O) groups excluding carboxylic acids is 1. The molecule has 0 saturated heterocycles. The quantitative estimate of drug-likeness (QED) is 0.766. The predicted octanol–water partition coefficient (Wildman–Crippen LogP) is 3.38. The van der Waals surface area contributed by atoms with Crippen molar-refractivity contribution >= 4 is 5.97 Å². The third-order valence-electron chi connectivity index (χ3n) is 2.76. The second-order valence-corrected chi connectivity index (χ2v) is 4.28. The molecule has 1 aromatic heterocycles. The number of esters is 1. The van der Waals surface area contributed by atoms with Crippen molar-refractivity contribution in [3.05, 3.63) is 23.4 Å². The van der Waals surface area contributed by atoms with Gasteiger partial charge in [0.05, 0.1) is 13.2 Å². The largest absolute Gasteiger partial charge is 0.477 e. The van der Waals surface area contributed by atoms with Gasteiger partial charge in [0.25, 0.3) is 0 Å². The first-order valence-corrected chi connectivity index (χ1v) is 6.98. The van der Waals surface area contributed by atoms with Gasteiger partial charge in [0.15, 0.2) is 0 Å².